The number of hydrogen-bond donors (Lipinski definition) is 1. The van der Waals surface area contributed by atoms with Crippen LogP contribution in [0.5, 0.6) is 0 Å². The molecule has 0 fully saturated rings. The molecule has 1 aromatic heterocycles. The average molecular weight is 330 g/mol. The Morgan fingerprint density at radius 3 is 2.64 bits per heavy atom. The largest absolute Gasteiger partial charge is 0.366 e. The molecule has 3 aromatic rings. The second-order valence-electron chi connectivity index (χ2n) is 5.93. The Balaban J connectivity index is 1.91. The number of carbonyl (C=O) groups excluding carboxylic acids is 1. The smallest absolute Gasteiger partial charge is 0.248 e. The van der Waals surface area contributed by atoms with E-state index >= 15 is 0 Å². The van der Waals surface area contributed by atoms with E-state index in [4.69, 9.17) is 11.0 Å². The van der Waals surface area contributed by atoms with Gasteiger partial charge in [0.2, 0.25) is 5.91 Å². The summed E-state index contributed by atoms with van der Waals surface area (Å²) in [4.78, 5) is 16.0. The van der Waals surface area contributed by atoms with Gasteiger partial charge in [0, 0.05) is 29.9 Å². The van der Waals surface area contributed by atoms with Crippen LogP contribution in [0.2, 0.25) is 0 Å². The molecule has 0 spiro atoms. The highest BCUT2D eigenvalue weighted by Crippen LogP contribution is 2.27. The SMILES string of the molecule is CC(c1ccccc1C(N)=O)c1cncn1Cc1ccc(C#N)cc1. The van der Waals surface area contributed by atoms with Gasteiger partial charge >= 0.3 is 0 Å². The van der Waals surface area contributed by atoms with Crippen LogP contribution in [0.1, 0.15) is 45.6 Å². The lowest BCUT2D eigenvalue weighted by Crippen LogP contribution is -2.16. The highest BCUT2D eigenvalue weighted by Gasteiger charge is 2.18. The Hall–Kier alpha value is -3.39. The molecule has 1 unspecified atom stereocenters. The Morgan fingerprint density at radius 1 is 1.24 bits per heavy atom. The molecule has 1 amide bonds. The minimum absolute atomic E-state index is 0.0235. The molecule has 3 rings (SSSR count). The predicted octanol–water partition coefficient (Wildman–Crippen LogP) is 3.05. The van der Waals surface area contributed by atoms with Crippen molar-refractivity contribution >= 4 is 5.91 Å². The normalized spacial score (nSPS) is 11.7. The lowest BCUT2D eigenvalue weighted by Gasteiger charge is -2.17. The van der Waals surface area contributed by atoms with Crippen molar-refractivity contribution in [2.75, 3.05) is 0 Å². The van der Waals surface area contributed by atoms with Crippen LogP contribution in [-0.4, -0.2) is 15.5 Å². The van der Waals surface area contributed by atoms with Gasteiger partial charge in [-0.2, -0.15) is 5.26 Å². The van der Waals surface area contributed by atoms with Gasteiger partial charge < -0.3 is 10.3 Å². The molecule has 1 atom stereocenters. The second-order valence-corrected chi connectivity index (χ2v) is 5.93. The molecule has 2 N–H and O–H groups in total. The molecule has 0 saturated carbocycles. The molecule has 0 bridgehead atoms. The van der Waals surface area contributed by atoms with Crippen LogP contribution >= 0.6 is 0 Å². The molecule has 25 heavy (non-hydrogen) atoms. The molecule has 124 valence electrons. The highest BCUT2D eigenvalue weighted by molar-refractivity contribution is 5.94. The van der Waals surface area contributed by atoms with Gasteiger partial charge in [-0.05, 0) is 29.3 Å². The first-order valence-corrected chi connectivity index (χ1v) is 7.98. The zero-order valence-electron chi connectivity index (χ0n) is 13.9. The Morgan fingerprint density at radius 2 is 1.96 bits per heavy atom. The molecule has 0 aliphatic rings. The van der Waals surface area contributed by atoms with E-state index < -0.39 is 5.91 Å². The van der Waals surface area contributed by atoms with Crippen LogP contribution in [0.4, 0.5) is 0 Å². The topological polar surface area (TPSA) is 84.7 Å². The van der Waals surface area contributed by atoms with E-state index in [1.807, 2.05) is 48.0 Å². The van der Waals surface area contributed by atoms with Gasteiger partial charge in [-0.15, -0.1) is 0 Å². The second kappa shape index (κ2) is 7.02. The van der Waals surface area contributed by atoms with Crippen molar-refractivity contribution < 1.29 is 4.79 Å². The molecular formula is C20H18N4O. The first kappa shape index (κ1) is 16.5. The zero-order valence-corrected chi connectivity index (χ0v) is 13.9. The van der Waals surface area contributed by atoms with Crippen molar-refractivity contribution in [3.63, 3.8) is 0 Å². The number of aromatic nitrogens is 2. The molecule has 2 aromatic carbocycles. The van der Waals surface area contributed by atoms with Crippen molar-refractivity contribution in [2.24, 2.45) is 5.73 Å². The van der Waals surface area contributed by atoms with E-state index in [0.717, 1.165) is 16.8 Å². The van der Waals surface area contributed by atoms with E-state index in [9.17, 15) is 4.79 Å². The molecule has 0 radical (unpaired) electrons. The molecule has 1 heterocycles. The number of benzene rings is 2. The third-order valence-electron chi connectivity index (χ3n) is 4.32. The minimum atomic E-state index is -0.430. The van der Waals surface area contributed by atoms with Crippen LogP contribution in [0, 0.1) is 11.3 Å². The summed E-state index contributed by atoms with van der Waals surface area (Å²) in [5.74, 6) is -0.454. The first-order valence-electron chi connectivity index (χ1n) is 7.98. The summed E-state index contributed by atoms with van der Waals surface area (Å²) in [6.45, 7) is 2.68. The summed E-state index contributed by atoms with van der Waals surface area (Å²) >= 11 is 0. The van der Waals surface area contributed by atoms with Crippen LogP contribution in [0.15, 0.2) is 61.1 Å². The number of rotatable bonds is 5. The number of nitrogens with two attached hydrogens (primary N) is 1. The van der Waals surface area contributed by atoms with Gasteiger partial charge in [0.15, 0.2) is 0 Å². The Kier molecular flexibility index (Phi) is 4.62. The van der Waals surface area contributed by atoms with Crippen molar-refractivity contribution in [1.29, 1.82) is 5.26 Å². The lowest BCUT2D eigenvalue weighted by atomic mass is 9.93. The quantitative estimate of drug-likeness (QED) is 0.780. The fourth-order valence-electron chi connectivity index (χ4n) is 2.96. The highest BCUT2D eigenvalue weighted by atomic mass is 16.1. The molecule has 0 saturated heterocycles. The molecule has 0 aliphatic carbocycles. The number of nitriles is 1. The van der Waals surface area contributed by atoms with Crippen LogP contribution < -0.4 is 5.73 Å². The van der Waals surface area contributed by atoms with Gasteiger partial charge in [-0.3, -0.25) is 4.79 Å². The van der Waals surface area contributed by atoms with Gasteiger partial charge in [0.25, 0.3) is 0 Å². The Labute approximate surface area is 146 Å². The summed E-state index contributed by atoms with van der Waals surface area (Å²) in [6.07, 6.45) is 3.59. The Bertz CT molecular complexity index is 935. The molecule has 0 aliphatic heterocycles. The minimum Gasteiger partial charge on any atom is -0.366 e. The van der Waals surface area contributed by atoms with E-state index in [-0.39, 0.29) is 5.92 Å². The summed E-state index contributed by atoms with van der Waals surface area (Å²) in [5, 5.41) is 8.90. The fraction of sp³-hybridized carbons (Fsp3) is 0.150. The third kappa shape index (κ3) is 3.43. The van der Waals surface area contributed by atoms with Gasteiger partial charge in [0.05, 0.1) is 18.0 Å². The lowest BCUT2D eigenvalue weighted by molar-refractivity contribution is 0.0999. The molecule has 5 nitrogen and oxygen atoms in total. The van der Waals surface area contributed by atoms with Gasteiger partial charge in [-0.25, -0.2) is 4.98 Å². The molecular weight excluding hydrogens is 312 g/mol. The maximum atomic E-state index is 11.7. The van der Waals surface area contributed by atoms with E-state index in [0.29, 0.717) is 17.7 Å². The number of amides is 1. The van der Waals surface area contributed by atoms with Crippen LogP contribution in [0.25, 0.3) is 0 Å². The average Bonchev–Trinajstić information content (AvgIpc) is 3.09. The third-order valence-corrected chi connectivity index (χ3v) is 4.32. The number of primary amides is 1. The van der Waals surface area contributed by atoms with Crippen molar-refractivity contribution in [3.8, 4) is 6.07 Å². The van der Waals surface area contributed by atoms with Crippen molar-refractivity contribution in [3.05, 3.63) is 89.0 Å². The fourth-order valence-corrected chi connectivity index (χ4v) is 2.96. The summed E-state index contributed by atoms with van der Waals surface area (Å²) in [6, 6.07) is 17.0. The molecule has 5 heteroatoms. The zero-order chi connectivity index (χ0) is 17.8. The number of hydrogen-bond acceptors (Lipinski definition) is 3. The van der Waals surface area contributed by atoms with Gasteiger partial charge in [-0.1, -0.05) is 37.3 Å². The predicted molar refractivity (Wildman–Crippen MR) is 95.0 cm³/mol. The van der Waals surface area contributed by atoms with E-state index in [1.165, 1.54) is 0 Å². The first-order chi connectivity index (χ1) is 12.1. The monoisotopic (exact) mass is 330 g/mol. The van der Waals surface area contributed by atoms with Crippen molar-refractivity contribution in [2.45, 2.75) is 19.4 Å². The number of imidazole rings is 1. The summed E-state index contributed by atoms with van der Waals surface area (Å²) < 4.78 is 2.05. The summed E-state index contributed by atoms with van der Waals surface area (Å²) in [5.41, 5.74) is 9.63. The maximum Gasteiger partial charge on any atom is 0.248 e. The maximum absolute atomic E-state index is 11.7. The summed E-state index contributed by atoms with van der Waals surface area (Å²) in [7, 11) is 0. The number of nitrogens with zero attached hydrogens (tertiary/aromatic N) is 3. The van der Waals surface area contributed by atoms with E-state index in [2.05, 4.69) is 11.1 Å². The van der Waals surface area contributed by atoms with Crippen molar-refractivity contribution in [1.82, 2.24) is 9.55 Å². The standard InChI is InChI=1S/C20H18N4O/c1-14(17-4-2-3-5-18(17)20(22)25)19-11-23-13-24(19)12-16-8-6-15(10-21)7-9-16/h2-9,11,13-14H,12H2,1H3,(H2,22,25). The van der Waals surface area contributed by atoms with Crippen LogP contribution in [-0.2, 0) is 6.54 Å². The number of carbonyl (C=O) groups is 1. The van der Waals surface area contributed by atoms with Crippen LogP contribution in [0.3, 0.4) is 0 Å². The van der Waals surface area contributed by atoms with E-state index in [1.54, 1.807) is 24.5 Å². The van der Waals surface area contributed by atoms with Gasteiger partial charge in [0.1, 0.15) is 0 Å².